The minimum Gasteiger partial charge on any atom is -0.453 e. The summed E-state index contributed by atoms with van der Waals surface area (Å²) in [6.07, 6.45) is 4.99. The van der Waals surface area contributed by atoms with Crippen molar-refractivity contribution in [1.82, 2.24) is 14.5 Å². The highest BCUT2D eigenvalue weighted by Gasteiger charge is 2.44. The molecule has 6 rings (SSSR count). The smallest absolute Gasteiger partial charge is 0.411 e. The number of amides is 2. The van der Waals surface area contributed by atoms with Crippen LogP contribution in [-0.4, -0.2) is 60.3 Å². The van der Waals surface area contributed by atoms with Gasteiger partial charge in [-0.1, -0.05) is 81.2 Å². The van der Waals surface area contributed by atoms with Gasteiger partial charge in [-0.3, -0.25) is 19.9 Å². The number of ether oxygens (including phenoxy) is 2. The van der Waals surface area contributed by atoms with Crippen molar-refractivity contribution < 1.29 is 23.9 Å². The van der Waals surface area contributed by atoms with E-state index >= 15 is 0 Å². The second kappa shape index (κ2) is 20.3. The number of carbonyl (C=O) groups excluding carboxylic acids is 3. The number of pyridine rings is 1. The zero-order chi connectivity index (χ0) is 42.7. The van der Waals surface area contributed by atoms with E-state index in [9.17, 15) is 14.4 Å². The Morgan fingerprint density at radius 2 is 1.45 bits per heavy atom. The van der Waals surface area contributed by atoms with Crippen LogP contribution in [0.25, 0.3) is 11.3 Å². The third-order valence-electron chi connectivity index (χ3n) is 10.3. The zero-order valence-corrected chi connectivity index (χ0v) is 38.2. The fourth-order valence-electron chi connectivity index (χ4n) is 7.01. The molecule has 2 amide bonds. The van der Waals surface area contributed by atoms with Crippen molar-refractivity contribution in [3.05, 3.63) is 150 Å². The lowest BCUT2D eigenvalue weighted by Crippen LogP contribution is -2.33. The van der Waals surface area contributed by atoms with Gasteiger partial charge in [-0.15, -0.1) is 0 Å². The van der Waals surface area contributed by atoms with Crippen LogP contribution < -0.4 is 26.5 Å². The fraction of sp³-hybridized carbons (Fsp3) is 0.255. The number of aromatic nitrogens is 3. The van der Waals surface area contributed by atoms with Gasteiger partial charge in [0.05, 0.1) is 24.7 Å². The van der Waals surface area contributed by atoms with Gasteiger partial charge in [0.2, 0.25) is 11.7 Å². The van der Waals surface area contributed by atoms with E-state index in [1.807, 2.05) is 6.92 Å². The van der Waals surface area contributed by atoms with Crippen molar-refractivity contribution in [3.63, 3.8) is 0 Å². The summed E-state index contributed by atoms with van der Waals surface area (Å²) in [6, 6.07) is 41.7. The van der Waals surface area contributed by atoms with Gasteiger partial charge in [-0.2, -0.15) is 0 Å². The second-order valence-corrected chi connectivity index (χ2v) is 26.1. The molecule has 0 fully saturated rings. The third kappa shape index (κ3) is 11.1. The second-order valence-electron chi connectivity index (χ2n) is 15.9. The summed E-state index contributed by atoms with van der Waals surface area (Å²) in [4.78, 5) is 49.5. The quantitative estimate of drug-likeness (QED) is 0.0381. The van der Waals surface area contributed by atoms with Crippen LogP contribution in [0.4, 0.5) is 16.2 Å². The summed E-state index contributed by atoms with van der Waals surface area (Å²) in [5, 5.41) is 9.75. The van der Waals surface area contributed by atoms with Crippen molar-refractivity contribution in [2.24, 2.45) is 5.92 Å². The number of hydrogen-bond donors (Lipinski definition) is 2. The number of halogens is 1. The molecule has 0 spiro atoms. The average molecular weight is 906 g/mol. The number of benzene rings is 4. The summed E-state index contributed by atoms with van der Waals surface area (Å²) in [7, 11) is -2.14. The topological polar surface area (TPSA) is 124 Å². The van der Waals surface area contributed by atoms with Gasteiger partial charge < -0.3 is 19.4 Å². The molecule has 1 atom stereocenters. The molecule has 2 aromatic heterocycles. The summed E-state index contributed by atoms with van der Waals surface area (Å²) in [5.41, 5.74) is 2.08. The van der Waals surface area contributed by atoms with Crippen LogP contribution in [0.3, 0.4) is 0 Å². The maximum Gasteiger partial charge on any atom is 0.411 e. The summed E-state index contributed by atoms with van der Waals surface area (Å²) in [6.45, 7) is 9.44. The molecular weight excluding hydrogens is 854 g/mol. The van der Waals surface area contributed by atoms with Crippen molar-refractivity contribution in [3.8, 4) is 11.3 Å². The van der Waals surface area contributed by atoms with Crippen molar-refractivity contribution in [2.75, 3.05) is 30.5 Å². The molecule has 6 aromatic rings. The number of nitrogens with one attached hydrogen (secondary N) is 2. The number of nitrogens with zero attached hydrogens (tertiary/aromatic N) is 3. The number of hydrogen-bond acceptors (Lipinski definition) is 7. The predicted octanol–water partition coefficient (Wildman–Crippen LogP) is 9.78. The Labute approximate surface area is 362 Å². The molecule has 0 aliphatic carbocycles. The van der Waals surface area contributed by atoms with Gasteiger partial charge in [0.1, 0.15) is 35.6 Å². The molecule has 0 aliphatic rings. The monoisotopic (exact) mass is 904 g/mol. The highest BCUT2D eigenvalue weighted by Crippen LogP contribution is 2.56. The first-order valence-corrected chi connectivity index (χ1v) is 26.5. The molecule has 310 valence electrons. The van der Waals surface area contributed by atoms with Crippen molar-refractivity contribution in [2.45, 2.75) is 52.2 Å². The van der Waals surface area contributed by atoms with Gasteiger partial charge in [0.15, 0.2) is 5.82 Å². The van der Waals surface area contributed by atoms with E-state index in [-0.39, 0.29) is 35.9 Å². The molecule has 10 nitrogen and oxygen atoms in total. The van der Waals surface area contributed by atoms with Crippen LogP contribution >= 0.6 is 23.2 Å². The van der Waals surface area contributed by atoms with Crippen LogP contribution in [0.5, 0.6) is 0 Å². The number of imidazole rings is 1. The van der Waals surface area contributed by atoms with E-state index in [1.54, 1.807) is 47.3 Å². The Kier molecular flexibility index (Phi) is 15.0. The predicted molar refractivity (Wildman–Crippen MR) is 250 cm³/mol. The van der Waals surface area contributed by atoms with Crippen LogP contribution in [0.15, 0.2) is 138 Å². The molecule has 2 N–H and O–H groups in total. The van der Waals surface area contributed by atoms with E-state index in [4.69, 9.17) is 14.5 Å². The molecule has 0 radical (unpaired) electrons. The summed E-state index contributed by atoms with van der Waals surface area (Å²) in [5.74, 6) is -0.764. The summed E-state index contributed by atoms with van der Waals surface area (Å²) >= 11 is 3.39. The van der Waals surface area contributed by atoms with Crippen LogP contribution in [-0.2, 0) is 21.0 Å². The molecule has 0 saturated carbocycles. The molecule has 60 heavy (non-hydrogen) atoms. The minimum absolute atomic E-state index is 0.106. The largest absolute Gasteiger partial charge is 0.453 e. The number of carbonyl (C=O) groups is 3. The zero-order valence-electron chi connectivity index (χ0n) is 34.7. The van der Waals surface area contributed by atoms with E-state index in [2.05, 4.69) is 142 Å². The van der Waals surface area contributed by atoms with E-state index in [0.717, 1.165) is 23.1 Å². The highest BCUT2D eigenvalue weighted by atomic mass is 79.9. The SMILES string of the molecule is COC(=O)Nc1ccc(-c2cn(COCC[Si](C)(C)C)c(C(=O)c3ccc(Br)cn3)n2)c(NC(=O)C(C)CCC[P+](c2ccccc2)(c2ccccc2)c2ccccc2)c1. The van der Waals surface area contributed by atoms with Gasteiger partial charge in [0, 0.05) is 48.7 Å². The normalized spacial score (nSPS) is 12.1. The molecule has 0 saturated heterocycles. The number of rotatable bonds is 18. The standard InChI is InChI=1S/C47H51BrN5O5PSi/c1-34(16-15-28-59(37-17-9-6-10-18-37,38-19-11-7-12-20-38)39-21-13-8-14-22-39)46(55)52-42-30-36(50-47(56)57-2)24-25-40(42)43-32-53(33-58-27-29-60(3,4)5)45(51-43)44(54)41-26-23-35(48)31-49-41/h6-14,17-26,30-32,34H,15-16,27-29,33H2,1-5H3,(H-,50,52,55,56)/p+1. The first-order chi connectivity index (χ1) is 28.9. The molecule has 2 heterocycles. The number of anilines is 2. The summed E-state index contributed by atoms with van der Waals surface area (Å²) < 4.78 is 13.4. The third-order valence-corrected chi connectivity index (χ3v) is 17.0. The van der Waals surface area contributed by atoms with Crippen molar-refractivity contribution >= 4 is 76.3 Å². The van der Waals surface area contributed by atoms with E-state index in [0.29, 0.717) is 35.7 Å². The fourth-order valence-corrected chi connectivity index (χ4v) is 12.4. The maximum absolute atomic E-state index is 14.2. The number of methoxy groups -OCH3 is 1. The first-order valence-electron chi connectivity index (χ1n) is 20.0. The van der Waals surface area contributed by atoms with Gasteiger partial charge >= 0.3 is 6.09 Å². The van der Waals surface area contributed by atoms with Crippen LogP contribution in [0.1, 0.15) is 36.1 Å². The molecule has 0 aliphatic heterocycles. The van der Waals surface area contributed by atoms with E-state index in [1.165, 1.54) is 23.0 Å². The lowest BCUT2D eigenvalue weighted by molar-refractivity contribution is -0.119. The molecule has 1 unspecified atom stereocenters. The molecule has 13 heteroatoms. The Morgan fingerprint density at radius 1 is 0.833 bits per heavy atom. The van der Waals surface area contributed by atoms with Crippen LogP contribution in [0.2, 0.25) is 25.7 Å². The number of ketones is 1. The molecular formula is C47H52BrN5O5PSi+. The molecule has 4 aromatic carbocycles. The van der Waals surface area contributed by atoms with Gasteiger partial charge in [-0.25, -0.2) is 9.78 Å². The Bertz CT molecular complexity index is 2280. The van der Waals surface area contributed by atoms with E-state index < -0.39 is 21.4 Å². The van der Waals surface area contributed by atoms with Crippen LogP contribution in [0, 0.1) is 5.92 Å². The molecule has 0 bridgehead atoms. The first kappa shape index (κ1) is 44.3. The lowest BCUT2D eigenvalue weighted by Gasteiger charge is -2.28. The highest BCUT2D eigenvalue weighted by molar-refractivity contribution is 9.10. The minimum atomic E-state index is -2.07. The Morgan fingerprint density at radius 3 is 2.00 bits per heavy atom. The Hall–Kier alpha value is -5.26. The lowest BCUT2D eigenvalue weighted by atomic mass is 10.0. The van der Waals surface area contributed by atoms with Crippen molar-refractivity contribution in [1.29, 1.82) is 0 Å². The average Bonchev–Trinajstić information content (AvgIpc) is 3.68. The Balaban J connectivity index is 1.29. The van der Waals surface area contributed by atoms with Gasteiger partial charge in [-0.05, 0) is 102 Å². The maximum atomic E-state index is 14.2. The van der Waals surface area contributed by atoms with Gasteiger partial charge in [0.25, 0.3) is 0 Å².